The first kappa shape index (κ1) is 15.7. The van der Waals surface area contributed by atoms with Gasteiger partial charge in [-0.05, 0) is 17.5 Å². The largest absolute Gasteiger partial charge is 0.467 e. The monoisotopic (exact) mass is 304 g/mol. The smallest absolute Gasteiger partial charge is 0.410 e. The number of carbonyl (C=O) groups excluding carboxylic acids is 2. The highest BCUT2D eigenvalue weighted by atomic mass is 16.6. The number of ether oxygens (including phenoxy) is 2. The zero-order valence-electron chi connectivity index (χ0n) is 12.1. The first-order valence-electron chi connectivity index (χ1n) is 6.75. The fourth-order valence-electron chi connectivity index (χ4n) is 2.33. The molecule has 1 aliphatic rings. The van der Waals surface area contributed by atoms with Crippen molar-refractivity contribution in [1.82, 2.24) is 4.90 Å². The van der Waals surface area contributed by atoms with Crippen LogP contribution >= 0.6 is 0 Å². The van der Waals surface area contributed by atoms with Gasteiger partial charge in [-0.1, -0.05) is 35.4 Å². The Morgan fingerprint density at radius 3 is 2.77 bits per heavy atom. The second-order valence-corrected chi connectivity index (χ2v) is 4.83. The van der Waals surface area contributed by atoms with Gasteiger partial charge in [-0.15, -0.1) is 0 Å². The van der Waals surface area contributed by atoms with Crippen molar-refractivity contribution in [2.45, 2.75) is 25.1 Å². The van der Waals surface area contributed by atoms with E-state index in [9.17, 15) is 9.59 Å². The summed E-state index contributed by atoms with van der Waals surface area (Å²) >= 11 is 0. The molecule has 0 N–H and O–H groups in total. The second-order valence-electron chi connectivity index (χ2n) is 4.83. The predicted molar refractivity (Wildman–Crippen MR) is 76.7 cm³/mol. The number of amides is 1. The zero-order chi connectivity index (χ0) is 15.9. The normalized spacial score (nSPS) is 20.1. The Morgan fingerprint density at radius 2 is 2.14 bits per heavy atom. The van der Waals surface area contributed by atoms with Crippen LogP contribution in [-0.2, 0) is 20.9 Å². The molecule has 1 aromatic carbocycles. The first-order valence-corrected chi connectivity index (χ1v) is 6.75. The van der Waals surface area contributed by atoms with Gasteiger partial charge in [0.15, 0.2) is 0 Å². The summed E-state index contributed by atoms with van der Waals surface area (Å²) in [6, 6.07) is 7.96. The van der Waals surface area contributed by atoms with Crippen LogP contribution in [0.1, 0.15) is 12.0 Å². The molecule has 116 valence electrons. The molecule has 8 nitrogen and oxygen atoms in total. The summed E-state index contributed by atoms with van der Waals surface area (Å²) in [6.45, 7) is 0.244. The van der Waals surface area contributed by atoms with Gasteiger partial charge in [-0.25, -0.2) is 9.59 Å². The lowest BCUT2D eigenvalue weighted by atomic mass is 10.2. The third kappa shape index (κ3) is 3.67. The lowest BCUT2D eigenvalue weighted by Crippen LogP contribution is -2.41. The van der Waals surface area contributed by atoms with Crippen LogP contribution in [0.4, 0.5) is 4.79 Å². The molecular weight excluding hydrogens is 288 g/mol. The van der Waals surface area contributed by atoms with Crippen LogP contribution in [-0.4, -0.2) is 42.7 Å². The maximum atomic E-state index is 12.2. The second kappa shape index (κ2) is 7.33. The van der Waals surface area contributed by atoms with Gasteiger partial charge >= 0.3 is 12.1 Å². The number of esters is 1. The summed E-state index contributed by atoms with van der Waals surface area (Å²) in [5.74, 6) is -0.549. The van der Waals surface area contributed by atoms with E-state index in [1.165, 1.54) is 12.0 Å². The number of nitrogens with zero attached hydrogens (tertiary/aromatic N) is 4. The van der Waals surface area contributed by atoms with Gasteiger partial charge in [0.2, 0.25) is 0 Å². The Labute approximate surface area is 127 Å². The Hall–Kier alpha value is -2.73. The van der Waals surface area contributed by atoms with Gasteiger partial charge in [0.1, 0.15) is 12.6 Å². The van der Waals surface area contributed by atoms with Crippen molar-refractivity contribution in [3.8, 4) is 0 Å². The van der Waals surface area contributed by atoms with Crippen LogP contribution in [0.2, 0.25) is 0 Å². The molecule has 0 aliphatic carbocycles. The van der Waals surface area contributed by atoms with E-state index in [0.29, 0.717) is 0 Å². The molecule has 2 atom stereocenters. The van der Waals surface area contributed by atoms with E-state index >= 15 is 0 Å². The number of carbonyl (C=O) groups is 2. The van der Waals surface area contributed by atoms with Crippen LogP contribution in [0.25, 0.3) is 10.4 Å². The van der Waals surface area contributed by atoms with Crippen LogP contribution in [0.3, 0.4) is 0 Å². The van der Waals surface area contributed by atoms with E-state index in [4.69, 9.17) is 10.3 Å². The molecule has 22 heavy (non-hydrogen) atoms. The minimum atomic E-state index is -0.788. The van der Waals surface area contributed by atoms with E-state index in [-0.39, 0.29) is 19.6 Å². The number of rotatable bonds is 4. The minimum Gasteiger partial charge on any atom is -0.467 e. The Bertz CT molecular complexity index is 586. The summed E-state index contributed by atoms with van der Waals surface area (Å²) in [5, 5.41) is 3.56. The van der Waals surface area contributed by atoms with Gasteiger partial charge in [-0.2, -0.15) is 0 Å². The Balaban J connectivity index is 2.02. The number of methoxy groups -OCH3 is 1. The third-order valence-corrected chi connectivity index (χ3v) is 3.41. The van der Waals surface area contributed by atoms with Crippen LogP contribution in [0.15, 0.2) is 35.4 Å². The molecular formula is C14H16N4O4. The SMILES string of the molecule is COC(=O)[C@@H]1C[C@H](N=[N+]=[N-])CN1C(=O)OCc1ccccc1. The molecule has 1 aromatic rings. The van der Waals surface area contributed by atoms with Gasteiger partial charge in [-0.3, -0.25) is 4.90 Å². The summed E-state index contributed by atoms with van der Waals surface area (Å²) in [7, 11) is 1.25. The van der Waals surface area contributed by atoms with Crippen molar-refractivity contribution in [3.63, 3.8) is 0 Å². The fourth-order valence-corrected chi connectivity index (χ4v) is 2.33. The summed E-state index contributed by atoms with van der Waals surface area (Å²) < 4.78 is 9.89. The molecule has 0 radical (unpaired) electrons. The Morgan fingerprint density at radius 1 is 1.41 bits per heavy atom. The average molecular weight is 304 g/mol. The molecule has 1 amide bonds. The molecule has 1 saturated heterocycles. The highest BCUT2D eigenvalue weighted by molar-refractivity contribution is 5.82. The topological polar surface area (TPSA) is 105 Å². The quantitative estimate of drug-likeness (QED) is 0.368. The Kier molecular flexibility index (Phi) is 5.21. The molecule has 1 heterocycles. The first-order chi connectivity index (χ1) is 10.7. The molecule has 8 heteroatoms. The fraction of sp³-hybridized carbons (Fsp3) is 0.429. The van der Waals surface area contributed by atoms with E-state index in [0.717, 1.165) is 5.56 Å². The maximum Gasteiger partial charge on any atom is 0.410 e. The van der Waals surface area contributed by atoms with Crippen molar-refractivity contribution < 1.29 is 19.1 Å². The standard InChI is InChI=1S/C14H16N4O4/c1-21-13(19)12-7-11(16-17-15)8-18(12)14(20)22-9-10-5-3-2-4-6-10/h2-6,11-12H,7-9H2,1H3/t11-,12-/m0/s1. The number of likely N-dealkylation sites (tertiary alicyclic amines) is 1. The highest BCUT2D eigenvalue weighted by Crippen LogP contribution is 2.23. The minimum absolute atomic E-state index is 0.107. The van der Waals surface area contributed by atoms with Gasteiger partial charge in [0.25, 0.3) is 0 Å². The van der Waals surface area contributed by atoms with Gasteiger partial charge in [0.05, 0.1) is 13.2 Å². The molecule has 0 bridgehead atoms. The van der Waals surface area contributed by atoms with Gasteiger partial charge in [0, 0.05) is 11.5 Å². The van der Waals surface area contributed by atoms with Crippen LogP contribution in [0.5, 0.6) is 0 Å². The third-order valence-electron chi connectivity index (χ3n) is 3.41. The number of hydrogen-bond acceptors (Lipinski definition) is 5. The molecule has 0 unspecified atom stereocenters. The molecule has 0 spiro atoms. The van der Waals surface area contributed by atoms with E-state index in [1.807, 2.05) is 30.3 Å². The van der Waals surface area contributed by atoms with Crippen molar-refractivity contribution in [1.29, 1.82) is 0 Å². The molecule has 0 aromatic heterocycles. The van der Waals surface area contributed by atoms with Crippen molar-refractivity contribution in [2.75, 3.05) is 13.7 Å². The summed E-state index contributed by atoms with van der Waals surface area (Å²) in [4.78, 5) is 27.9. The van der Waals surface area contributed by atoms with Gasteiger partial charge < -0.3 is 9.47 Å². The average Bonchev–Trinajstić information content (AvgIpc) is 2.97. The predicted octanol–water partition coefficient (Wildman–Crippen LogP) is 2.25. The van der Waals surface area contributed by atoms with E-state index < -0.39 is 24.1 Å². The molecule has 2 rings (SSSR count). The lowest BCUT2D eigenvalue weighted by Gasteiger charge is -2.21. The highest BCUT2D eigenvalue weighted by Gasteiger charge is 2.40. The molecule has 1 aliphatic heterocycles. The van der Waals surface area contributed by atoms with Crippen molar-refractivity contribution in [3.05, 3.63) is 46.3 Å². The maximum absolute atomic E-state index is 12.2. The summed E-state index contributed by atoms with van der Waals surface area (Å²) in [6.07, 6.45) is -0.396. The van der Waals surface area contributed by atoms with Crippen LogP contribution in [0, 0.1) is 0 Å². The number of benzene rings is 1. The zero-order valence-corrected chi connectivity index (χ0v) is 12.1. The summed E-state index contributed by atoms with van der Waals surface area (Å²) in [5.41, 5.74) is 9.34. The van der Waals surface area contributed by atoms with Crippen LogP contribution < -0.4 is 0 Å². The van der Waals surface area contributed by atoms with Crippen molar-refractivity contribution >= 4 is 12.1 Å². The number of azide groups is 1. The van der Waals surface area contributed by atoms with E-state index in [2.05, 4.69) is 14.8 Å². The molecule has 0 saturated carbocycles. The van der Waals surface area contributed by atoms with Crippen molar-refractivity contribution in [2.24, 2.45) is 5.11 Å². The molecule has 1 fully saturated rings. The lowest BCUT2D eigenvalue weighted by molar-refractivity contribution is -0.145. The number of hydrogen-bond donors (Lipinski definition) is 0. The van der Waals surface area contributed by atoms with E-state index in [1.54, 1.807) is 0 Å².